The van der Waals surface area contributed by atoms with Gasteiger partial charge in [-0.2, -0.15) is 4.31 Å². The molecule has 152 valence electrons. The van der Waals surface area contributed by atoms with E-state index in [1.165, 1.54) is 32.0 Å². The average molecular weight is 400 g/mol. The number of carbonyl (C=O) groups excluding carboxylic acids is 1. The van der Waals surface area contributed by atoms with Gasteiger partial charge in [-0.3, -0.25) is 4.79 Å². The number of nitrogens with one attached hydrogen (secondary N) is 1. The minimum absolute atomic E-state index is 0.0345. The molecular weight excluding hydrogens is 369 g/mol. The predicted molar refractivity (Wildman–Crippen MR) is 103 cm³/mol. The summed E-state index contributed by atoms with van der Waals surface area (Å²) in [4.78, 5) is 14.5. The summed E-state index contributed by atoms with van der Waals surface area (Å²) in [6.45, 7) is 0.229. The fourth-order valence-electron chi connectivity index (χ4n) is 3.56. The number of sulfonamides is 1. The van der Waals surface area contributed by atoms with Gasteiger partial charge in [0.2, 0.25) is 15.9 Å². The molecule has 0 radical (unpaired) electrons. The van der Waals surface area contributed by atoms with Gasteiger partial charge in [0, 0.05) is 19.1 Å². The number of hydrogen-bond donors (Lipinski definition) is 1. The van der Waals surface area contributed by atoms with E-state index < -0.39 is 15.8 Å². The normalized spacial score (nSPS) is 17.7. The number of likely N-dealkylation sites (N-methyl/N-ethyl adjacent to an activating group) is 2. The van der Waals surface area contributed by atoms with Gasteiger partial charge in [0.1, 0.15) is 5.82 Å². The summed E-state index contributed by atoms with van der Waals surface area (Å²) >= 11 is 0. The average Bonchev–Trinajstić information content (AvgIpc) is 2.87. The molecule has 1 aromatic carbocycles. The third kappa shape index (κ3) is 5.49. The zero-order valence-corrected chi connectivity index (χ0v) is 17.2. The molecule has 0 aliphatic heterocycles. The van der Waals surface area contributed by atoms with Crippen LogP contribution in [0.3, 0.4) is 0 Å². The van der Waals surface area contributed by atoms with E-state index in [1.807, 2.05) is 14.1 Å². The molecule has 1 fully saturated rings. The second-order valence-corrected chi connectivity index (χ2v) is 9.57. The van der Waals surface area contributed by atoms with E-state index in [4.69, 9.17) is 0 Å². The number of halogens is 1. The first-order valence-electron chi connectivity index (χ1n) is 9.33. The van der Waals surface area contributed by atoms with E-state index >= 15 is 0 Å². The van der Waals surface area contributed by atoms with Crippen LogP contribution in [0.15, 0.2) is 29.2 Å². The first-order chi connectivity index (χ1) is 12.7. The van der Waals surface area contributed by atoms with Gasteiger partial charge in [0.05, 0.1) is 11.4 Å². The Kier molecular flexibility index (Phi) is 7.36. The van der Waals surface area contributed by atoms with Crippen LogP contribution in [0.5, 0.6) is 0 Å². The van der Waals surface area contributed by atoms with E-state index in [1.54, 1.807) is 0 Å². The summed E-state index contributed by atoms with van der Waals surface area (Å²) in [6, 6.07) is 4.58. The van der Waals surface area contributed by atoms with Crippen LogP contribution < -0.4 is 5.32 Å². The van der Waals surface area contributed by atoms with Crippen molar-refractivity contribution < 1.29 is 17.6 Å². The lowest BCUT2D eigenvalue weighted by atomic mass is 9.88. The summed E-state index contributed by atoms with van der Waals surface area (Å²) in [5, 5.41) is 2.92. The van der Waals surface area contributed by atoms with Crippen LogP contribution in [0.25, 0.3) is 0 Å². The molecule has 6 nitrogen and oxygen atoms in total. The summed E-state index contributed by atoms with van der Waals surface area (Å²) in [5.74, 6) is -0.847. The Morgan fingerprint density at radius 3 is 2.15 bits per heavy atom. The Labute approximate surface area is 161 Å². The molecule has 0 saturated heterocycles. The van der Waals surface area contributed by atoms with Crippen molar-refractivity contribution in [2.45, 2.75) is 49.0 Å². The van der Waals surface area contributed by atoms with Crippen LogP contribution in [0.2, 0.25) is 0 Å². The summed E-state index contributed by atoms with van der Waals surface area (Å²) in [5.41, 5.74) is -0.0828. The number of hydrogen-bond acceptors (Lipinski definition) is 4. The molecule has 0 unspecified atom stereocenters. The Hall–Kier alpha value is -1.51. The molecule has 1 aromatic rings. The maximum atomic E-state index is 13.0. The molecular formula is C19H30FN3O3S. The number of rotatable bonds is 7. The second kappa shape index (κ2) is 9.12. The second-order valence-electron chi connectivity index (χ2n) is 7.52. The summed E-state index contributed by atoms with van der Waals surface area (Å²) in [7, 11) is 1.58. The van der Waals surface area contributed by atoms with Gasteiger partial charge in [-0.05, 0) is 51.2 Å². The van der Waals surface area contributed by atoms with Crippen LogP contribution in [-0.4, -0.2) is 63.3 Å². The lowest BCUT2D eigenvalue weighted by molar-refractivity contribution is -0.121. The van der Waals surface area contributed by atoms with Crippen LogP contribution in [-0.2, 0) is 14.8 Å². The van der Waals surface area contributed by atoms with Gasteiger partial charge in [0.25, 0.3) is 0 Å². The Balaban J connectivity index is 1.98. The molecule has 8 heteroatoms. The van der Waals surface area contributed by atoms with E-state index in [2.05, 4.69) is 10.2 Å². The number of carbonyl (C=O) groups is 1. The molecule has 1 amide bonds. The van der Waals surface area contributed by atoms with Crippen molar-refractivity contribution in [2.75, 3.05) is 34.2 Å². The van der Waals surface area contributed by atoms with Gasteiger partial charge in [-0.1, -0.05) is 25.7 Å². The lowest BCUT2D eigenvalue weighted by Gasteiger charge is -2.39. The zero-order chi connectivity index (χ0) is 20.1. The molecule has 1 N–H and O–H groups in total. The summed E-state index contributed by atoms with van der Waals surface area (Å²) in [6.07, 6.45) is 6.72. The molecule has 0 atom stereocenters. The quantitative estimate of drug-likeness (QED) is 0.714. The molecule has 0 aromatic heterocycles. The predicted octanol–water partition coefficient (Wildman–Crippen LogP) is 2.22. The van der Waals surface area contributed by atoms with Gasteiger partial charge >= 0.3 is 0 Å². The smallest absolute Gasteiger partial charge is 0.243 e. The van der Waals surface area contributed by atoms with Crippen LogP contribution >= 0.6 is 0 Å². The molecule has 27 heavy (non-hydrogen) atoms. The largest absolute Gasteiger partial charge is 0.353 e. The standard InChI is InChI=1S/C19H30FN3O3S/c1-22(2)19(12-6-4-5-7-13-19)15-21-18(24)14-23(3)27(25,26)17-10-8-16(20)9-11-17/h8-11H,4-7,12-15H2,1-3H3,(H,21,24). The maximum absolute atomic E-state index is 13.0. The van der Waals surface area contributed by atoms with Gasteiger partial charge in [0.15, 0.2) is 0 Å². The number of benzene rings is 1. The zero-order valence-electron chi connectivity index (χ0n) is 16.4. The van der Waals surface area contributed by atoms with Crippen LogP contribution in [0.1, 0.15) is 38.5 Å². The monoisotopic (exact) mass is 399 g/mol. The van der Waals surface area contributed by atoms with E-state index in [0.717, 1.165) is 42.1 Å². The maximum Gasteiger partial charge on any atom is 0.243 e. The fraction of sp³-hybridized carbons (Fsp3) is 0.632. The van der Waals surface area contributed by atoms with Crippen LogP contribution in [0, 0.1) is 5.82 Å². The minimum atomic E-state index is -3.84. The van der Waals surface area contributed by atoms with Gasteiger partial charge in [-0.15, -0.1) is 0 Å². The molecule has 0 bridgehead atoms. The van der Waals surface area contributed by atoms with Crippen molar-refractivity contribution in [3.05, 3.63) is 30.1 Å². The SMILES string of the molecule is CN(C)C1(CNC(=O)CN(C)S(=O)(=O)c2ccc(F)cc2)CCCCCC1. The third-order valence-corrected chi connectivity index (χ3v) is 7.30. The molecule has 0 heterocycles. The molecule has 2 rings (SSSR count). The van der Waals surface area contributed by atoms with Crippen molar-refractivity contribution >= 4 is 15.9 Å². The Bertz CT molecular complexity index is 727. The fourth-order valence-corrected chi connectivity index (χ4v) is 4.69. The van der Waals surface area contributed by atoms with Gasteiger partial charge < -0.3 is 10.2 Å². The van der Waals surface area contributed by atoms with E-state index in [-0.39, 0.29) is 22.9 Å². The van der Waals surface area contributed by atoms with E-state index in [0.29, 0.717) is 6.54 Å². The highest BCUT2D eigenvalue weighted by atomic mass is 32.2. The highest BCUT2D eigenvalue weighted by Crippen LogP contribution is 2.30. The van der Waals surface area contributed by atoms with Crippen molar-refractivity contribution in [1.29, 1.82) is 0 Å². The van der Waals surface area contributed by atoms with Crippen LogP contribution in [0.4, 0.5) is 4.39 Å². The van der Waals surface area contributed by atoms with Gasteiger partial charge in [-0.25, -0.2) is 12.8 Å². The van der Waals surface area contributed by atoms with E-state index in [9.17, 15) is 17.6 Å². The first kappa shape index (κ1) is 21.8. The highest BCUT2D eigenvalue weighted by Gasteiger charge is 2.33. The summed E-state index contributed by atoms with van der Waals surface area (Å²) < 4.78 is 39.0. The number of amides is 1. The highest BCUT2D eigenvalue weighted by molar-refractivity contribution is 7.89. The third-order valence-electron chi connectivity index (χ3n) is 5.49. The Morgan fingerprint density at radius 2 is 1.63 bits per heavy atom. The minimum Gasteiger partial charge on any atom is -0.353 e. The van der Waals surface area contributed by atoms with Crippen molar-refractivity contribution in [1.82, 2.24) is 14.5 Å². The number of nitrogens with zero attached hydrogens (tertiary/aromatic N) is 2. The Morgan fingerprint density at radius 1 is 1.07 bits per heavy atom. The molecule has 1 aliphatic rings. The first-order valence-corrected chi connectivity index (χ1v) is 10.8. The molecule has 1 aliphatic carbocycles. The van der Waals surface area contributed by atoms with Crippen molar-refractivity contribution in [3.8, 4) is 0 Å². The topological polar surface area (TPSA) is 69.7 Å². The lowest BCUT2D eigenvalue weighted by Crippen LogP contribution is -2.53. The van der Waals surface area contributed by atoms with Crippen molar-refractivity contribution in [2.24, 2.45) is 0 Å². The van der Waals surface area contributed by atoms with Crippen molar-refractivity contribution in [3.63, 3.8) is 0 Å². The molecule has 1 saturated carbocycles. The molecule has 0 spiro atoms.